The SMILES string of the molecule is CCCNC(COCCC)c1c(F)cccc1Cl. The fourth-order valence-corrected chi connectivity index (χ4v) is 2.05. The van der Waals surface area contributed by atoms with Gasteiger partial charge in [-0.2, -0.15) is 0 Å². The van der Waals surface area contributed by atoms with Crippen molar-refractivity contribution in [3.05, 3.63) is 34.6 Å². The summed E-state index contributed by atoms with van der Waals surface area (Å²) >= 11 is 6.08. The molecular formula is C14H21ClFNO. The van der Waals surface area contributed by atoms with Crippen molar-refractivity contribution in [2.45, 2.75) is 32.7 Å². The molecule has 102 valence electrons. The number of hydrogen-bond acceptors (Lipinski definition) is 2. The highest BCUT2D eigenvalue weighted by molar-refractivity contribution is 6.31. The second kappa shape index (κ2) is 8.46. The first-order valence-electron chi connectivity index (χ1n) is 6.45. The summed E-state index contributed by atoms with van der Waals surface area (Å²) in [5.74, 6) is -0.281. The van der Waals surface area contributed by atoms with Crippen LogP contribution < -0.4 is 5.32 Å². The van der Waals surface area contributed by atoms with Gasteiger partial charge >= 0.3 is 0 Å². The first-order valence-corrected chi connectivity index (χ1v) is 6.83. The van der Waals surface area contributed by atoms with Crippen molar-refractivity contribution in [2.24, 2.45) is 0 Å². The Morgan fingerprint density at radius 2 is 2.11 bits per heavy atom. The monoisotopic (exact) mass is 273 g/mol. The zero-order chi connectivity index (χ0) is 13.4. The van der Waals surface area contributed by atoms with Crippen LogP contribution in [-0.4, -0.2) is 19.8 Å². The predicted octanol–water partition coefficient (Wildman–Crippen LogP) is 3.95. The van der Waals surface area contributed by atoms with Crippen molar-refractivity contribution >= 4 is 11.6 Å². The summed E-state index contributed by atoms with van der Waals surface area (Å²) in [4.78, 5) is 0. The van der Waals surface area contributed by atoms with E-state index in [0.29, 0.717) is 23.8 Å². The van der Waals surface area contributed by atoms with Gasteiger partial charge in [0.2, 0.25) is 0 Å². The Bertz CT molecular complexity index is 339. The van der Waals surface area contributed by atoms with E-state index in [1.165, 1.54) is 6.07 Å². The number of nitrogens with one attached hydrogen (secondary N) is 1. The van der Waals surface area contributed by atoms with Crippen LogP contribution in [0.3, 0.4) is 0 Å². The lowest BCUT2D eigenvalue weighted by Gasteiger charge is -2.20. The first-order chi connectivity index (χ1) is 8.70. The molecule has 0 heterocycles. The van der Waals surface area contributed by atoms with Gasteiger partial charge in [-0.1, -0.05) is 31.5 Å². The molecule has 1 aromatic carbocycles. The van der Waals surface area contributed by atoms with E-state index in [1.54, 1.807) is 12.1 Å². The van der Waals surface area contributed by atoms with E-state index < -0.39 is 0 Å². The zero-order valence-electron chi connectivity index (χ0n) is 11.0. The lowest BCUT2D eigenvalue weighted by molar-refractivity contribution is 0.111. The van der Waals surface area contributed by atoms with Crippen LogP contribution in [0.4, 0.5) is 4.39 Å². The molecule has 0 amide bonds. The van der Waals surface area contributed by atoms with E-state index in [-0.39, 0.29) is 11.9 Å². The molecule has 1 aromatic rings. The summed E-state index contributed by atoms with van der Waals surface area (Å²) in [5, 5.41) is 3.72. The Morgan fingerprint density at radius 1 is 1.33 bits per heavy atom. The molecule has 4 heteroatoms. The van der Waals surface area contributed by atoms with E-state index in [9.17, 15) is 4.39 Å². The van der Waals surface area contributed by atoms with Crippen LogP contribution in [0.25, 0.3) is 0 Å². The Morgan fingerprint density at radius 3 is 2.72 bits per heavy atom. The molecule has 1 rings (SSSR count). The number of rotatable bonds is 8. The molecule has 18 heavy (non-hydrogen) atoms. The Balaban J connectivity index is 2.79. The molecule has 1 unspecified atom stereocenters. The summed E-state index contributed by atoms with van der Waals surface area (Å²) in [6.45, 7) is 6.04. The smallest absolute Gasteiger partial charge is 0.129 e. The lowest BCUT2D eigenvalue weighted by Crippen LogP contribution is -2.27. The maximum absolute atomic E-state index is 13.9. The highest BCUT2D eigenvalue weighted by Gasteiger charge is 2.18. The van der Waals surface area contributed by atoms with Gasteiger partial charge in [-0.3, -0.25) is 0 Å². The van der Waals surface area contributed by atoms with Crippen LogP contribution in [0.15, 0.2) is 18.2 Å². The molecule has 0 fully saturated rings. The predicted molar refractivity (Wildman–Crippen MR) is 73.6 cm³/mol. The number of halogens is 2. The topological polar surface area (TPSA) is 21.3 Å². The molecule has 0 aliphatic heterocycles. The van der Waals surface area contributed by atoms with Crippen LogP contribution in [0, 0.1) is 5.82 Å². The molecule has 1 N–H and O–H groups in total. The molecule has 0 aromatic heterocycles. The minimum absolute atomic E-state index is 0.190. The molecule has 0 aliphatic rings. The van der Waals surface area contributed by atoms with Crippen molar-refractivity contribution in [3.63, 3.8) is 0 Å². The largest absolute Gasteiger partial charge is 0.379 e. The van der Waals surface area contributed by atoms with Gasteiger partial charge in [-0.05, 0) is 31.5 Å². The third-order valence-corrected chi connectivity index (χ3v) is 2.95. The number of ether oxygens (including phenoxy) is 1. The van der Waals surface area contributed by atoms with Crippen LogP contribution in [-0.2, 0) is 4.74 Å². The van der Waals surface area contributed by atoms with Gasteiger partial charge < -0.3 is 10.1 Å². The summed E-state index contributed by atoms with van der Waals surface area (Å²) in [6, 6.07) is 4.57. The lowest BCUT2D eigenvalue weighted by atomic mass is 10.1. The Hall–Kier alpha value is -0.640. The molecule has 0 saturated carbocycles. The molecule has 0 spiro atoms. The maximum atomic E-state index is 13.9. The van der Waals surface area contributed by atoms with Gasteiger partial charge in [-0.15, -0.1) is 0 Å². The minimum Gasteiger partial charge on any atom is -0.379 e. The van der Waals surface area contributed by atoms with Gasteiger partial charge in [0, 0.05) is 17.2 Å². The highest BCUT2D eigenvalue weighted by Crippen LogP contribution is 2.26. The van der Waals surface area contributed by atoms with Crippen molar-refractivity contribution in [3.8, 4) is 0 Å². The standard InChI is InChI=1S/C14H21ClFNO/c1-3-8-17-13(10-18-9-4-2)14-11(15)6-5-7-12(14)16/h5-7,13,17H,3-4,8-10H2,1-2H3. The van der Waals surface area contributed by atoms with Crippen LogP contribution >= 0.6 is 11.6 Å². The van der Waals surface area contributed by atoms with Gasteiger partial charge in [0.1, 0.15) is 5.82 Å². The normalized spacial score (nSPS) is 12.7. The van der Waals surface area contributed by atoms with Crippen LogP contribution in [0.1, 0.15) is 38.3 Å². The second-order valence-electron chi connectivity index (χ2n) is 4.22. The van der Waals surface area contributed by atoms with Crippen molar-refractivity contribution < 1.29 is 9.13 Å². The molecule has 0 bridgehead atoms. The minimum atomic E-state index is -0.281. The Kier molecular flexibility index (Phi) is 7.25. The van der Waals surface area contributed by atoms with Crippen molar-refractivity contribution in [2.75, 3.05) is 19.8 Å². The zero-order valence-corrected chi connectivity index (χ0v) is 11.8. The highest BCUT2D eigenvalue weighted by atomic mass is 35.5. The molecule has 2 nitrogen and oxygen atoms in total. The van der Waals surface area contributed by atoms with Gasteiger partial charge in [0.15, 0.2) is 0 Å². The number of benzene rings is 1. The quantitative estimate of drug-likeness (QED) is 0.724. The summed E-state index contributed by atoms with van der Waals surface area (Å²) < 4.78 is 19.4. The third kappa shape index (κ3) is 4.56. The van der Waals surface area contributed by atoms with Crippen molar-refractivity contribution in [1.82, 2.24) is 5.32 Å². The van der Waals surface area contributed by atoms with Crippen LogP contribution in [0.2, 0.25) is 5.02 Å². The second-order valence-corrected chi connectivity index (χ2v) is 4.62. The van der Waals surface area contributed by atoms with E-state index in [2.05, 4.69) is 12.2 Å². The summed E-state index contributed by atoms with van der Waals surface area (Å²) in [6.07, 6.45) is 1.93. The average molecular weight is 274 g/mol. The summed E-state index contributed by atoms with van der Waals surface area (Å²) in [7, 11) is 0. The van der Waals surface area contributed by atoms with E-state index in [0.717, 1.165) is 19.4 Å². The van der Waals surface area contributed by atoms with E-state index in [1.807, 2.05) is 6.92 Å². The van der Waals surface area contributed by atoms with Crippen LogP contribution in [0.5, 0.6) is 0 Å². The van der Waals surface area contributed by atoms with Crippen molar-refractivity contribution in [1.29, 1.82) is 0 Å². The fourth-order valence-electron chi connectivity index (χ4n) is 1.75. The first kappa shape index (κ1) is 15.4. The van der Waals surface area contributed by atoms with Gasteiger partial charge in [0.05, 0.1) is 12.6 Å². The molecule has 0 radical (unpaired) electrons. The van der Waals surface area contributed by atoms with Gasteiger partial charge in [-0.25, -0.2) is 4.39 Å². The van der Waals surface area contributed by atoms with Gasteiger partial charge in [0.25, 0.3) is 0 Å². The van der Waals surface area contributed by atoms with E-state index >= 15 is 0 Å². The average Bonchev–Trinajstić information content (AvgIpc) is 2.35. The molecule has 1 atom stereocenters. The molecule has 0 saturated heterocycles. The number of hydrogen-bond donors (Lipinski definition) is 1. The molecule has 0 aliphatic carbocycles. The Labute approximate surface area is 113 Å². The van der Waals surface area contributed by atoms with E-state index in [4.69, 9.17) is 16.3 Å². The third-order valence-electron chi connectivity index (χ3n) is 2.62. The summed E-state index contributed by atoms with van der Waals surface area (Å²) in [5.41, 5.74) is 0.503. The maximum Gasteiger partial charge on any atom is 0.129 e. The fraction of sp³-hybridized carbons (Fsp3) is 0.571. The molecular weight excluding hydrogens is 253 g/mol.